The summed E-state index contributed by atoms with van der Waals surface area (Å²) in [4.78, 5) is 13.8. The molecule has 2 N–H and O–H groups in total. The first-order chi connectivity index (χ1) is 9.44. The molecule has 0 aromatic rings. The van der Waals surface area contributed by atoms with Crippen LogP contribution in [0.1, 0.15) is 40.0 Å². The van der Waals surface area contributed by atoms with Crippen LogP contribution in [0.25, 0.3) is 0 Å². The predicted molar refractivity (Wildman–Crippen MR) is 79.8 cm³/mol. The summed E-state index contributed by atoms with van der Waals surface area (Å²) in [5.41, 5.74) is -0.405. The van der Waals surface area contributed by atoms with Crippen molar-refractivity contribution in [2.24, 2.45) is 5.92 Å². The molecule has 2 aliphatic heterocycles. The van der Waals surface area contributed by atoms with Gasteiger partial charge in [-0.05, 0) is 65.6 Å². The minimum absolute atomic E-state index is 0.177. The van der Waals surface area contributed by atoms with Crippen molar-refractivity contribution in [3.05, 3.63) is 0 Å². The van der Waals surface area contributed by atoms with Crippen molar-refractivity contribution in [1.82, 2.24) is 15.5 Å². The smallest absolute Gasteiger partial charge is 0.410 e. The first-order valence-corrected chi connectivity index (χ1v) is 7.86. The van der Waals surface area contributed by atoms with Crippen molar-refractivity contribution in [1.29, 1.82) is 0 Å². The van der Waals surface area contributed by atoms with Gasteiger partial charge in [0.05, 0.1) is 0 Å². The molecule has 2 heterocycles. The molecule has 1 atom stereocenters. The highest BCUT2D eigenvalue weighted by atomic mass is 16.6. The second-order valence-corrected chi connectivity index (χ2v) is 7.01. The Morgan fingerprint density at radius 2 is 2.00 bits per heavy atom. The van der Waals surface area contributed by atoms with Crippen molar-refractivity contribution >= 4 is 6.09 Å². The Morgan fingerprint density at radius 1 is 1.30 bits per heavy atom. The summed E-state index contributed by atoms with van der Waals surface area (Å²) in [6.45, 7) is 10.7. The van der Waals surface area contributed by atoms with E-state index in [2.05, 4.69) is 10.6 Å². The topological polar surface area (TPSA) is 53.6 Å². The maximum absolute atomic E-state index is 12.0. The molecule has 2 saturated heterocycles. The molecule has 0 aromatic carbocycles. The quantitative estimate of drug-likeness (QED) is 0.826. The largest absolute Gasteiger partial charge is 0.444 e. The minimum atomic E-state index is -0.405. The number of rotatable bonds is 3. The highest BCUT2D eigenvalue weighted by Crippen LogP contribution is 2.16. The van der Waals surface area contributed by atoms with Gasteiger partial charge in [-0.1, -0.05) is 0 Å². The molecule has 0 aromatic heterocycles. The fraction of sp³-hybridized carbons (Fsp3) is 0.933. The van der Waals surface area contributed by atoms with Crippen LogP contribution >= 0.6 is 0 Å². The molecule has 0 bridgehead atoms. The van der Waals surface area contributed by atoms with Crippen molar-refractivity contribution in [3.8, 4) is 0 Å². The van der Waals surface area contributed by atoms with Crippen LogP contribution in [0.15, 0.2) is 0 Å². The average Bonchev–Trinajstić information content (AvgIpc) is 2.84. The minimum Gasteiger partial charge on any atom is -0.444 e. The number of hydrogen-bond donors (Lipinski definition) is 2. The van der Waals surface area contributed by atoms with E-state index in [1.807, 2.05) is 25.7 Å². The zero-order valence-corrected chi connectivity index (χ0v) is 13.1. The first kappa shape index (κ1) is 15.6. The van der Waals surface area contributed by atoms with Gasteiger partial charge in [0.1, 0.15) is 5.60 Å². The van der Waals surface area contributed by atoms with Gasteiger partial charge >= 0.3 is 6.09 Å². The van der Waals surface area contributed by atoms with Crippen LogP contribution in [-0.2, 0) is 4.74 Å². The highest BCUT2D eigenvalue weighted by Gasteiger charge is 2.29. The molecule has 1 amide bonds. The molecule has 0 aliphatic carbocycles. The molecule has 116 valence electrons. The highest BCUT2D eigenvalue weighted by molar-refractivity contribution is 5.68. The molecule has 2 aliphatic rings. The third-order valence-electron chi connectivity index (χ3n) is 3.99. The Hall–Kier alpha value is -0.810. The molecule has 1 unspecified atom stereocenters. The maximum atomic E-state index is 12.0. The Labute approximate surface area is 122 Å². The van der Waals surface area contributed by atoms with Crippen LogP contribution in [0.3, 0.4) is 0 Å². The molecule has 5 nitrogen and oxygen atoms in total. The number of hydrogen-bond acceptors (Lipinski definition) is 4. The van der Waals surface area contributed by atoms with E-state index in [0.717, 1.165) is 45.1 Å². The summed E-state index contributed by atoms with van der Waals surface area (Å²) >= 11 is 0. The van der Waals surface area contributed by atoms with Crippen molar-refractivity contribution in [2.45, 2.75) is 51.7 Å². The summed E-state index contributed by atoms with van der Waals surface area (Å²) in [7, 11) is 0. The number of piperidine rings is 1. The monoisotopic (exact) mass is 283 g/mol. The Bertz CT molecular complexity index is 322. The normalized spacial score (nSPS) is 24.9. The first-order valence-electron chi connectivity index (χ1n) is 7.86. The second-order valence-electron chi connectivity index (χ2n) is 7.01. The molecule has 20 heavy (non-hydrogen) atoms. The summed E-state index contributed by atoms with van der Waals surface area (Å²) in [5.74, 6) is 0.784. The Morgan fingerprint density at radius 3 is 2.65 bits per heavy atom. The van der Waals surface area contributed by atoms with Crippen molar-refractivity contribution in [3.63, 3.8) is 0 Å². The van der Waals surface area contributed by atoms with E-state index in [0.29, 0.717) is 6.04 Å². The zero-order chi connectivity index (χ0) is 14.6. The molecular formula is C15H29N3O2. The van der Waals surface area contributed by atoms with Gasteiger partial charge in [-0.15, -0.1) is 0 Å². The van der Waals surface area contributed by atoms with Crippen LogP contribution in [0.5, 0.6) is 0 Å². The average molecular weight is 283 g/mol. The van der Waals surface area contributed by atoms with Crippen LogP contribution in [0.2, 0.25) is 0 Å². The van der Waals surface area contributed by atoms with Gasteiger partial charge in [-0.3, -0.25) is 0 Å². The molecule has 2 rings (SSSR count). The predicted octanol–water partition coefficient (Wildman–Crippen LogP) is 1.59. The zero-order valence-electron chi connectivity index (χ0n) is 13.1. The lowest BCUT2D eigenvalue weighted by Crippen LogP contribution is -2.41. The number of carbonyl (C=O) groups is 1. The number of ether oxygens (including phenoxy) is 1. The van der Waals surface area contributed by atoms with Gasteiger partial charge in [-0.25, -0.2) is 4.79 Å². The summed E-state index contributed by atoms with van der Waals surface area (Å²) in [6, 6.07) is 0.428. The van der Waals surface area contributed by atoms with Crippen molar-refractivity contribution < 1.29 is 9.53 Å². The van der Waals surface area contributed by atoms with Crippen LogP contribution in [0, 0.1) is 5.92 Å². The molecule has 0 saturated carbocycles. The third kappa shape index (κ3) is 4.94. The SMILES string of the molecule is CC(C)(C)OC(=O)N1CCC(NCC2CCNCC2)C1. The number of nitrogens with zero attached hydrogens (tertiary/aromatic N) is 1. The number of amides is 1. The van der Waals surface area contributed by atoms with E-state index in [1.54, 1.807) is 0 Å². The molecule has 0 radical (unpaired) electrons. The van der Waals surface area contributed by atoms with Gasteiger partial charge in [0.15, 0.2) is 0 Å². The molecule has 0 spiro atoms. The lowest BCUT2D eigenvalue weighted by molar-refractivity contribution is 0.0291. The van der Waals surface area contributed by atoms with Gasteiger partial charge < -0.3 is 20.3 Å². The second kappa shape index (κ2) is 6.76. The van der Waals surface area contributed by atoms with Gasteiger partial charge in [0, 0.05) is 19.1 Å². The summed E-state index contributed by atoms with van der Waals surface area (Å²) in [5, 5.41) is 7.01. The van der Waals surface area contributed by atoms with E-state index in [9.17, 15) is 4.79 Å². The fourth-order valence-electron chi connectivity index (χ4n) is 2.84. The molecule has 5 heteroatoms. The molecule has 2 fully saturated rings. The summed E-state index contributed by atoms with van der Waals surface area (Å²) < 4.78 is 5.42. The van der Waals surface area contributed by atoms with E-state index in [4.69, 9.17) is 4.74 Å². The number of nitrogens with one attached hydrogen (secondary N) is 2. The van der Waals surface area contributed by atoms with E-state index >= 15 is 0 Å². The van der Waals surface area contributed by atoms with Crippen LogP contribution in [-0.4, -0.2) is 55.4 Å². The van der Waals surface area contributed by atoms with Crippen LogP contribution < -0.4 is 10.6 Å². The maximum Gasteiger partial charge on any atom is 0.410 e. The summed E-state index contributed by atoms with van der Waals surface area (Å²) in [6.07, 6.45) is 3.37. The standard InChI is InChI=1S/C15H29N3O2/c1-15(2,3)20-14(19)18-9-6-13(11-18)17-10-12-4-7-16-8-5-12/h12-13,16-17H,4-11H2,1-3H3. The number of carbonyl (C=O) groups excluding carboxylic acids is 1. The van der Waals surface area contributed by atoms with Gasteiger partial charge in [-0.2, -0.15) is 0 Å². The van der Waals surface area contributed by atoms with Gasteiger partial charge in [0.2, 0.25) is 0 Å². The number of likely N-dealkylation sites (tertiary alicyclic amines) is 1. The lowest BCUT2D eigenvalue weighted by Gasteiger charge is -2.26. The Kier molecular flexibility index (Phi) is 5.27. The molecular weight excluding hydrogens is 254 g/mol. The van der Waals surface area contributed by atoms with E-state index in [-0.39, 0.29) is 6.09 Å². The third-order valence-corrected chi connectivity index (χ3v) is 3.99. The lowest BCUT2D eigenvalue weighted by atomic mass is 9.98. The fourth-order valence-corrected chi connectivity index (χ4v) is 2.84. The van der Waals surface area contributed by atoms with E-state index < -0.39 is 5.60 Å². The Balaban J connectivity index is 1.68. The van der Waals surface area contributed by atoms with Crippen LogP contribution in [0.4, 0.5) is 4.79 Å². The van der Waals surface area contributed by atoms with E-state index in [1.165, 1.54) is 12.8 Å². The van der Waals surface area contributed by atoms with Gasteiger partial charge in [0.25, 0.3) is 0 Å². The van der Waals surface area contributed by atoms with Crippen molar-refractivity contribution in [2.75, 3.05) is 32.7 Å².